The van der Waals surface area contributed by atoms with Gasteiger partial charge in [0.1, 0.15) is 0 Å². The van der Waals surface area contributed by atoms with Crippen LogP contribution in [0.1, 0.15) is 10.4 Å². The molecule has 0 saturated heterocycles. The largest absolute Gasteiger partial charge is 0.378 e. The number of halogens is 3. The number of carbonyl (C=O) groups excluding carboxylic acids is 1. The lowest BCUT2D eigenvalue weighted by molar-refractivity contribution is 0.0711. The van der Waals surface area contributed by atoms with Gasteiger partial charge in [-0.1, -0.05) is 15.9 Å². The molecule has 0 bridgehead atoms. The highest BCUT2D eigenvalue weighted by Crippen LogP contribution is 2.19. The maximum Gasteiger partial charge on any atom is 0.254 e. The lowest BCUT2D eigenvalue weighted by atomic mass is 10.2. The number of likely N-dealkylation sites (N-methyl/N-ethyl adjacent to an activating group) is 1. The fraction of sp³-hybridized carbons (Fsp3) is 0.417. The van der Waals surface area contributed by atoms with E-state index in [1.807, 2.05) is 18.2 Å². The van der Waals surface area contributed by atoms with Gasteiger partial charge in [0, 0.05) is 27.5 Å². The predicted molar refractivity (Wildman–Crippen MR) is 85.4 cm³/mol. The molecule has 0 aliphatic carbocycles. The number of amides is 1. The van der Waals surface area contributed by atoms with Crippen molar-refractivity contribution in [2.75, 3.05) is 32.7 Å². The fourth-order valence-electron chi connectivity index (χ4n) is 1.33. The van der Waals surface area contributed by atoms with Gasteiger partial charge in [0.05, 0.1) is 18.8 Å². The molecule has 1 rings (SSSR count). The Morgan fingerprint density at radius 1 is 1.50 bits per heavy atom. The third kappa shape index (κ3) is 5.03. The average Bonchev–Trinajstić information content (AvgIpc) is 2.36. The van der Waals surface area contributed by atoms with E-state index in [9.17, 15) is 4.79 Å². The smallest absolute Gasteiger partial charge is 0.254 e. The minimum Gasteiger partial charge on any atom is -0.378 e. The van der Waals surface area contributed by atoms with Crippen molar-refractivity contribution >= 4 is 56.0 Å². The van der Waals surface area contributed by atoms with Crippen molar-refractivity contribution in [2.24, 2.45) is 0 Å². The van der Waals surface area contributed by atoms with Gasteiger partial charge in [-0.3, -0.25) is 4.79 Å². The zero-order valence-corrected chi connectivity index (χ0v) is 14.5. The van der Waals surface area contributed by atoms with E-state index < -0.39 is 0 Å². The molecule has 100 valence electrons. The molecular weight excluding hydrogens is 432 g/mol. The molecule has 6 heteroatoms. The number of ether oxygens (including phenoxy) is 1. The van der Waals surface area contributed by atoms with E-state index in [4.69, 9.17) is 16.3 Å². The zero-order chi connectivity index (χ0) is 13.5. The molecule has 1 aromatic rings. The molecule has 0 fully saturated rings. The molecule has 0 aromatic heterocycles. The van der Waals surface area contributed by atoms with Gasteiger partial charge in [0.25, 0.3) is 5.91 Å². The Hall–Kier alpha value is 0.150. The van der Waals surface area contributed by atoms with Crippen LogP contribution in [0, 0.1) is 3.57 Å². The molecular formula is C12H14BrClINO2. The van der Waals surface area contributed by atoms with E-state index in [1.165, 1.54) is 0 Å². The summed E-state index contributed by atoms with van der Waals surface area (Å²) < 4.78 is 7.10. The second-order valence-corrected chi connectivity index (χ2v) is 6.11. The van der Waals surface area contributed by atoms with Gasteiger partial charge >= 0.3 is 0 Å². The molecule has 0 spiro atoms. The van der Waals surface area contributed by atoms with Crippen LogP contribution in [0.4, 0.5) is 0 Å². The SMILES string of the molecule is CN(CCOCCCl)C(=O)c1cc(Br)ccc1I. The van der Waals surface area contributed by atoms with E-state index in [0.717, 1.165) is 8.04 Å². The number of benzene rings is 1. The van der Waals surface area contributed by atoms with E-state index in [2.05, 4.69) is 38.5 Å². The van der Waals surface area contributed by atoms with Crippen LogP contribution in [0.2, 0.25) is 0 Å². The maximum absolute atomic E-state index is 12.2. The summed E-state index contributed by atoms with van der Waals surface area (Å²) in [4.78, 5) is 13.9. The second kappa shape index (κ2) is 8.35. The zero-order valence-electron chi connectivity index (χ0n) is 9.96. The molecule has 18 heavy (non-hydrogen) atoms. The summed E-state index contributed by atoms with van der Waals surface area (Å²) in [5.41, 5.74) is 0.699. The number of carbonyl (C=O) groups is 1. The molecule has 1 aromatic carbocycles. The Labute approximate surface area is 134 Å². The number of hydrogen-bond acceptors (Lipinski definition) is 2. The molecule has 0 radical (unpaired) electrons. The van der Waals surface area contributed by atoms with Crippen molar-refractivity contribution in [3.05, 3.63) is 31.8 Å². The van der Waals surface area contributed by atoms with Gasteiger partial charge in [-0.15, -0.1) is 11.6 Å². The lowest BCUT2D eigenvalue weighted by Crippen LogP contribution is -2.30. The Kier molecular flexibility index (Phi) is 7.51. The minimum absolute atomic E-state index is 0.00447. The second-order valence-electron chi connectivity index (χ2n) is 3.65. The molecule has 0 N–H and O–H groups in total. The van der Waals surface area contributed by atoms with Gasteiger partial charge in [0.2, 0.25) is 0 Å². The number of nitrogens with zero attached hydrogens (tertiary/aromatic N) is 1. The summed E-state index contributed by atoms with van der Waals surface area (Å²) in [6.45, 7) is 1.57. The monoisotopic (exact) mass is 445 g/mol. The summed E-state index contributed by atoms with van der Waals surface area (Å²) in [5.74, 6) is 0.469. The predicted octanol–water partition coefficient (Wildman–Crippen LogP) is 3.38. The Bertz CT molecular complexity index is 417. The number of rotatable bonds is 6. The first-order chi connectivity index (χ1) is 8.56. The molecule has 0 aliphatic heterocycles. The molecule has 0 aliphatic rings. The number of hydrogen-bond donors (Lipinski definition) is 0. The van der Waals surface area contributed by atoms with Crippen molar-refractivity contribution in [2.45, 2.75) is 0 Å². The van der Waals surface area contributed by atoms with Crippen LogP contribution in [0.15, 0.2) is 22.7 Å². The van der Waals surface area contributed by atoms with Crippen LogP contribution >= 0.6 is 50.1 Å². The highest BCUT2D eigenvalue weighted by Gasteiger charge is 2.14. The van der Waals surface area contributed by atoms with E-state index in [-0.39, 0.29) is 5.91 Å². The van der Waals surface area contributed by atoms with Crippen molar-refractivity contribution in [1.82, 2.24) is 4.90 Å². The highest BCUT2D eigenvalue weighted by molar-refractivity contribution is 14.1. The standard InChI is InChI=1S/C12H14BrClINO2/c1-16(5-7-18-6-4-14)12(17)10-8-9(13)2-3-11(10)15/h2-3,8H,4-7H2,1H3. The van der Waals surface area contributed by atoms with Gasteiger partial charge in [-0.05, 0) is 40.8 Å². The van der Waals surface area contributed by atoms with Crippen LogP contribution < -0.4 is 0 Å². The molecule has 3 nitrogen and oxygen atoms in total. The van der Waals surface area contributed by atoms with Crippen LogP contribution in [-0.2, 0) is 4.74 Å². The maximum atomic E-state index is 12.2. The van der Waals surface area contributed by atoms with Gasteiger partial charge in [-0.25, -0.2) is 0 Å². The first-order valence-corrected chi connectivity index (χ1v) is 7.81. The minimum atomic E-state index is -0.00447. The van der Waals surface area contributed by atoms with Crippen molar-refractivity contribution in [3.63, 3.8) is 0 Å². The van der Waals surface area contributed by atoms with E-state index in [0.29, 0.717) is 31.2 Å². The van der Waals surface area contributed by atoms with E-state index >= 15 is 0 Å². The van der Waals surface area contributed by atoms with Crippen LogP contribution in [0.5, 0.6) is 0 Å². The summed E-state index contributed by atoms with van der Waals surface area (Å²) in [6.07, 6.45) is 0. The first-order valence-electron chi connectivity index (χ1n) is 5.40. The summed E-state index contributed by atoms with van der Waals surface area (Å²) in [7, 11) is 1.77. The summed E-state index contributed by atoms with van der Waals surface area (Å²) in [5, 5.41) is 0. The molecule has 0 atom stereocenters. The van der Waals surface area contributed by atoms with Crippen LogP contribution in [0.3, 0.4) is 0 Å². The van der Waals surface area contributed by atoms with Gasteiger partial charge in [0.15, 0.2) is 0 Å². The third-order valence-corrected chi connectivity index (χ3v) is 3.89. The highest BCUT2D eigenvalue weighted by atomic mass is 127. The topological polar surface area (TPSA) is 29.5 Å². The van der Waals surface area contributed by atoms with Crippen molar-refractivity contribution in [3.8, 4) is 0 Å². The van der Waals surface area contributed by atoms with Gasteiger partial charge in [-0.2, -0.15) is 0 Å². The lowest BCUT2D eigenvalue weighted by Gasteiger charge is -2.18. The number of alkyl halides is 1. The molecule has 0 saturated carbocycles. The van der Waals surface area contributed by atoms with Gasteiger partial charge < -0.3 is 9.64 Å². The molecule has 1 amide bonds. The Morgan fingerprint density at radius 2 is 2.22 bits per heavy atom. The Morgan fingerprint density at radius 3 is 2.89 bits per heavy atom. The Balaban J connectivity index is 2.60. The van der Waals surface area contributed by atoms with Crippen LogP contribution in [0.25, 0.3) is 0 Å². The fourth-order valence-corrected chi connectivity index (χ4v) is 2.36. The summed E-state index contributed by atoms with van der Waals surface area (Å²) >= 11 is 11.0. The normalized spacial score (nSPS) is 10.4. The molecule has 0 unspecified atom stereocenters. The summed E-state index contributed by atoms with van der Waals surface area (Å²) in [6, 6.07) is 5.66. The van der Waals surface area contributed by atoms with E-state index in [1.54, 1.807) is 11.9 Å². The first kappa shape index (κ1) is 16.2. The van der Waals surface area contributed by atoms with Crippen molar-refractivity contribution in [1.29, 1.82) is 0 Å². The third-order valence-electron chi connectivity index (χ3n) is 2.30. The van der Waals surface area contributed by atoms with Crippen molar-refractivity contribution < 1.29 is 9.53 Å². The quantitative estimate of drug-likeness (QED) is 0.381. The van der Waals surface area contributed by atoms with Crippen LogP contribution in [-0.4, -0.2) is 43.5 Å². The molecule has 0 heterocycles. The average molecular weight is 447 g/mol.